The summed E-state index contributed by atoms with van der Waals surface area (Å²) in [5, 5.41) is 0. The van der Waals surface area contributed by atoms with E-state index in [9.17, 15) is 0 Å². The van der Waals surface area contributed by atoms with E-state index in [2.05, 4.69) is 30.0 Å². The van der Waals surface area contributed by atoms with Crippen molar-refractivity contribution >= 4 is 11.6 Å². The molecular weight excluding hydrogens is 258 g/mol. The monoisotopic (exact) mass is 281 g/mol. The number of likely N-dealkylation sites (tertiary alicyclic amines) is 1. The number of rotatable bonds is 5. The Labute approximate surface area is 121 Å². The summed E-state index contributed by atoms with van der Waals surface area (Å²) in [4.78, 5) is 2.57. The van der Waals surface area contributed by atoms with Gasteiger partial charge in [0.15, 0.2) is 0 Å². The molecule has 1 atom stereocenters. The zero-order chi connectivity index (χ0) is 13.7. The Balaban J connectivity index is 2.11. The first-order chi connectivity index (χ1) is 9.24. The number of nitrogens with zero attached hydrogens (tertiary/aromatic N) is 1. The number of aryl methyl sites for hydroxylation is 1. The Morgan fingerprint density at radius 1 is 1.37 bits per heavy atom. The molecule has 1 unspecified atom stereocenters. The van der Waals surface area contributed by atoms with E-state index in [4.69, 9.17) is 16.3 Å². The molecule has 0 N–H and O–H groups in total. The van der Waals surface area contributed by atoms with Gasteiger partial charge in [-0.2, -0.15) is 0 Å². The van der Waals surface area contributed by atoms with Crippen LogP contribution in [-0.2, 0) is 6.54 Å². The van der Waals surface area contributed by atoms with Gasteiger partial charge in [0.1, 0.15) is 5.75 Å². The average molecular weight is 282 g/mol. The summed E-state index contributed by atoms with van der Waals surface area (Å²) in [5.41, 5.74) is 2.59. The molecule has 2 nitrogen and oxygen atoms in total. The van der Waals surface area contributed by atoms with Gasteiger partial charge in [0, 0.05) is 24.0 Å². The zero-order valence-electron chi connectivity index (χ0n) is 12.0. The Morgan fingerprint density at radius 3 is 2.95 bits per heavy atom. The summed E-state index contributed by atoms with van der Waals surface area (Å²) in [6.45, 7) is 4.29. The summed E-state index contributed by atoms with van der Waals surface area (Å²) in [7, 11) is 1.75. The topological polar surface area (TPSA) is 12.5 Å². The third kappa shape index (κ3) is 3.87. The molecule has 1 aliphatic rings. The predicted molar refractivity (Wildman–Crippen MR) is 81.1 cm³/mol. The molecule has 0 saturated carbocycles. The molecule has 2 rings (SSSR count). The summed E-state index contributed by atoms with van der Waals surface area (Å²) in [5.74, 6) is 1.76. The highest BCUT2D eigenvalue weighted by molar-refractivity contribution is 6.17. The van der Waals surface area contributed by atoms with Gasteiger partial charge >= 0.3 is 0 Å². The molecule has 1 heterocycles. The van der Waals surface area contributed by atoms with Gasteiger partial charge in [-0.25, -0.2) is 0 Å². The predicted octanol–water partition coefficient (Wildman–Crippen LogP) is 3.99. The van der Waals surface area contributed by atoms with Crippen molar-refractivity contribution in [3.63, 3.8) is 0 Å². The highest BCUT2D eigenvalue weighted by atomic mass is 35.5. The van der Waals surface area contributed by atoms with Crippen LogP contribution in [-0.4, -0.2) is 30.5 Å². The molecule has 1 aromatic carbocycles. The minimum Gasteiger partial charge on any atom is -0.496 e. The first-order valence-electron chi connectivity index (χ1n) is 7.18. The van der Waals surface area contributed by atoms with Gasteiger partial charge in [0.2, 0.25) is 0 Å². The second-order valence-corrected chi connectivity index (χ2v) is 5.79. The van der Waals surface area contributed by atoms with E-state index in [1.165, 1.54) is 36.9 Å². The van der Waals surface area contributed by atoms with Crippen molar-refractivity contribution in [1.29, 1.82) is 0 Å². The third-order valence-corrected chi connectivity index (χ3v) is 4.22. The van der Waals surface area contributed by atoms with Crippen LogP contribution in [0.25, 0.3) is 0 Å². The van der Waals surface area contributed by atoms with Crippen LogP contribution in [0.2, 0.25) is 0 Å². The Kier molecular flexibility index (Phi) is 5.53. The van der Waals surface area contributed by atoms with E-state index in [0.717, 1.165) is 24.6 Å². The maximum atomic E-state index is 5.94. The molecule has 1 aromatic rings. The van der Waals surface area contributed by atoms with Crippen molar-refractivity contribution in [3.05, 3.63) is 29.3 Å². The largest absolute Gasteiger partial charge is 0.496 e. The van der Waals surface area contributed by atoms with Gasteiger partial charge < -0.3 is 4.74 Å². The van der Waals surface area contributed by atoms with Crippen molar-refractivity contribution in [3.8, 4) is 5.75 Å². The molecule has 0 aromatic heterocycles. The number of hydrogen-bond acceptors (Lipinski definition) is 2. The van der Waals surface area contributed by atoms with Crippen LogP contribution >= 0.6 is 11.6 Å². The molecule has 1 saturated heterocycles. The lowest BCUT2D eigenvalue weighted by molar-refractivity contribution is 0.135. The molecule has 106 valence electrons. The van der Waals surface area contributed by atoms with Crippen molar-refractivity contribution < 1.29 is 4.74 Å². The number of piperidine rings is 1. The average Bonchev–Trinajstić information content (AvgIpc) is 2.42. The number of benzene rings is 1. The highest BCUT2D eigenvalue weighted by Crippen LogP contribution is 2.26. The molecular formula is C16H24ClNO. The van der Waals surface area contributed by atoms with Gasteiger partial charge in [-0.05, 0) is 38.8 Å². The van der Waals surface area contributed by atoms with E-state index >= 15 is 0 Å². The Morgan fingerprint density at radius 2 is 2.21 bits per heavy atom. The molecule has 19 heavy (non-hydrogen) atoms. The van der Waals surface area contributed by atoms with Crippen LogP contribution in [0.1, 0.15) is 36.8 Å². The van der Waals surface area contributed by atoms with Crippen molar-refractivity contribution in [2.75, 3.05) is 19.5 Å². The smallest absolute Gasteiger partial charge is 0.123 e. The van der Waals surface area contributed by atoms with Crippen molar-refractivity contribution in [2.45, 2.75) is 45.2 Å². The van der Waals surface area contributed by atoms with Gasteiger partial charge in [0.05, 0.1) is 7.11 Å². The summed E-state index contributed by atoms with van der Waals surface area (Å²) in [6.07, 6.45) is 5.01. The maximum Gasteiger partial charge on any atom is 0.123 e. The fraction of sp³-hybridized carbons (Fsp3) is 0.625. The summed E-state index contributed by atoms with van der Waals surface area (Å²) in [6, 6.07) is 7.06. The molecule has 1 aliphatic heterocycles. The highest BCUT2D eigenvalue weighted by Gasteiger charge is 2.22. The third-order valence-electron chi connectivity index (χ3n) is 4.00. The van der Waals surface area contributed by atoms with Gasteiger partial charge in [0.25, 0.3) is 0 Å². The van der Waals surface area contributed by atoms with Crippen LogP contribution < -0.4 is 4.74 Å². The van der Waals surface area contributed by atoms with Gasteiger partial charge in [-0.3, -0.25) is 4.90 Å². The second-order valence-electron chi connectivity index (χ2n) is 5.41. The molecule has 0 bridgehead atoms. The Hall–Kier alpha value is -0.730. The van der Waals surface area contributed by atoms with Gasteiger partial charge in [-0.15, -0.1) is 11.6 Å². The minimum atomic E-state index is 0.636. The first kappa shape index (κ1) is 14.7. The standard InChI is InChI=1S/C16H24ClNO/c1-13-6-7-16(19-2)14(11-13)12-18-10-4-3-5-15(18)8-9-17/h6-7,11,15H,3-5,8-10,12H2,1-2H3. The maximum absolute atomic E-state index is 5.94. The molecule has 0 aliphatic carbocycles. The van der Waals surface area contributed by atoms with E-state index in [1.54, 1.807) is 7.11 Å². The SMILES string of the molecule is COc1ccc(C)cc1CN1CCCCC1CCCl. The van der Waals surface area contributed by atoms with Crippen LogP contribution in [0, 0.1) is 6.92 Å². The number of alkyl halides is 1. The van der Waals surface area contributed by atoms with Crippen molar-refractivity contribution in [1.82, 2.24) is 4.90 Å². The van der Waals surface area contributed by atoms with E-state index in [1.807, 2.05) is 0 Å². The second kappa shape index (κ2) is 7.16. The Bertz CT molecular complexity index is 406. The number of ether oxygens (including phenoxy) is 1. The lowest BCUT2D eigenvalue weighted by Crippen LogP contribution is -2.39. The quantitative estimate of drug-likeness (QED) is 0.757. The molecule has 0 radical (unpaired) electrons. The summed E-state index contributed by atoms with van der Waals surface area (Å²) >= 11 is 5.94. The molecule has 0 amide bonds. The molecule has 3 heteroatoms. The van der Waals surface area contributed by atoms with Crippen LogP contribution in [0.15, 0.2) is 18.2 Å². The van der Waals surface area contributed by atoms with Crippen LogP contribution in [0.3, 0.4) is 0 Å². The van der Waals surface area contributed by atoms with Gasteiger partial charge in [-0.1, -0.05) is 24.1 Å². The number of methoxy groups -OCH3 is 1. The lowest BCUT2D eigenvalue weighted by atomic mass is 9.98. The fourth-order valence-electron chi connectivity index (χ4n) is 2.97. The molecule has 1 fully saturated rings. The molecule has 0 spiro atoms. The first-order valence-corrected chi connectivity index (χ1v) is 7.71. The normalized spacial score (nSPS) is 20.5. The fourth-order valence-corrected chi connectivity index (χ4v) is 3.22. The van der Waals surface area contributed by atoms with E-state index < -0.39 is 0 Å². The van der Waals surface area contributed by atoms with Crippen molar-refractivity contribution in [2.24, 2.45) is 0 Å². The number of halogens is 1. The summed E-state index contributed by atoms with van der Waals surface area (Å²) < 4.78 is 5.48. The van der Waals surface area contributed by atoms with E-state index in [0.29, 0.717) is 6.04 Å². The van der Waals surface area contributed by atoms with Crippen LogP contribution in [0.4, 0.5) is 0 Å². The van der Waals surface area contributed by atoms with E-state index in [-0.39, 0.29) is 0 Å². The zero-order valence-corrected chi connectivity index (χ0v) is 12.7. The lowest BCUT2D eigenvalue weighted by Gasteiger charge is -2.35. The van der Waals surface area contributed by atoms with Crippen LogP contribution in [0.5, 0.6) is 5.75 Å². The number of hydrogen-bond donors (Lipinski definition) is 0. The minimum absolute atomic E-state index is 0.636.